The van der Waals surface area contributed by atoms with Crippen molar-refractivity contribution in [3.63, 3.8) is 0 Å². The van der Waals surface area contributed by atoms with Gasteiger partial charge in [-0.2, -0.15) is 0 Å². The number of benzene rings is 2. The van der Waals surface area contributed by atoms with Gasteiger partial charge in [-0.05, 0) is 54.4 Å². The minimum absolute atomic E-state index is 0.0132. The van der Waals surface area contributed by atoms with E-state index < -0.39 is 11.3 Å². The van der Waals surface area contributed by atoms with E-state index in [9.17, 15) is 19.5 Å². The minimum atomic E-state index is -1.30. The second kappa shape index (κ2) is 7.21. The number of carboxylic acids is 1. The van der Waals surface area contributed by atoms with Gasteiger partial charge in [0.15, 0.2) is 5.37 Å². The molecule has 0 aromatic heterocycles. The number of aromatic carboxylic acids is 1. The monoisotopic (exact) mass is 369 g/mol. The van der Waals surface area contributed by atoms with Gasteiger partial charge in [0, 0.05) is 5.69 Å². The Hall–Kier alpha value is -2.80. The summed E-state index contributed by atoms with van der Waals surface area (Å²) in [5, 5.41) is 13.0. The highest BCUT2D eigenvalue weighted by molar-refractivity contribution is 8.15. The van der Waals surface area contributed by atoms with Gasteiger partial charge >= 0.3 is 0 Å². The summed E-state index contributed by atoms with van der Waals surface area (Å²) in [6.45, 7) is 3.94. The zero-order valence-corrected chi connectivity index (χ0v) is 15.1. The molecule has 1 aliphatic rings. The predicted molar refractivity (Wildman–Crippen MR) is 97.6 cm³/mol. The highest BCUT2D eigenvalue weighted by Gasteiger charge is 2.39. The van der Waals surface area contributed by atoms with Crippen LogP contribution in [0.25, 0.3) is 0 Å². The molecule has 6 nitrogen and oxygen atoms in total. The van der Waals surface area contributed by atoms with Crippen LogP contribution in [-0.2, 0) is 11.3 Å². The lowest BCUT2D eigenvalue weighted by Gasteiger charge is -2.16. The van der Waals surface area contributed by atoms with Crippen LogP contribution in [0.5, 0.6) is 0 Å². The third kappa shape index (κ3) is 3.72. The highest BCUT2D eigenvalue weighted by atomic mass is 32.2. The number of nitrogens with one attached hydrogen (secondary N) is 1. The van der Waals surface area contributed by atoms with Gasteiger partial charge < -0.3 is 15.2 Å². The fraction of sp³-hybridized carbons (Fsp3) is 0.211. The van der Waals surface area contributed by atoms with E-state index in [2.05, 4.69) is 5.32 Å². The number of carboxylic acid groups (broad SMARTS) is 1. The summed E-state index contributed by atoms with van der Waals surface area (Å²) in [6, 6.07) is 11.9. The third-order valence-electron chi connectivity index (χ3n) is 4.10. The molecule has 1 aliphatic heterocycles. The van der Waals surface area contributed by atoms with Gasteiger partial charge in [-0.3, -0.25) is 14.5 Å². The molecular formula is C19H17N2O4S-. The van der Waals surface area contributed by atoms with Crippen molar-refractivity contribution in [2.45, 2.75) is 25.8 Å². The molecular weight excluding hydrogens is 352 g/mol. The van der Waals surface area contributed by atoms with E-state index in [0.717, 1.165) is 33.5 Å². The molecule has 0 spiro atoms. The lowest BCUT2D eigenvalue weighted by molar-refractivity contribution is -0.255. The number of imide groups is 1. The van der Waals surface area contributed by atoms with E-state index in [0.29, 0.717) is 5.56 Å². The maximum Gasteiger partial charge on any atom is 0.291 e. The fourth-order valence-corrected chi connectivity index (χ4v) is 3.67. The van der Waals surface area contributed by atoms with Gasteiger partial charge in [0.2, 0.25) is 0 Å². The smallest absolute Gasteiger partial charge is 0.291 e. The molecule has 0 unspecified atom stereocenters. The Labute approximate surface area is 155 Å². The first-order chi connectivity index (χ1) is 12.3. The Morgan fingerprint density at radius 2 is 1.96 bits per heavy atom. The Kier molecular flexibility index (Phi) is 4.99. The van der Waals surface area contributed by atoms with Crippen molar-refractivity contribution >= 4 is 34.6 Å². The second-order valence-electron chi connectivity index (χ2n) is 6.14. The maximum absolute atomic E-state index is 12.6. The van der Waals surface area contributed by atoms with Crippen LogP contribution in [0, 0.1) is 13.8 Å². The van der Waals surface area contributed by atoms with Gasteiger partial charge in [-0.1, -0.05) is 35.9 Å². The van der Waals surface area contributed by atoms with E-state index >= 15 is 0 Å². The van der Waals surface area contributed by atoms with Crippen LogP contribution in [-0.4, -0.2) is 27.4 Å². The van der Waals surface area contributed by atoms with E-state index in [1.807, 2.05) is 32.0 Å². The first-order valence-corrected chi connectivity index (χ1v) is 8.89. The summed E-state index contributed by atoms with van der Waals surface area (Å²) in [5.74, 6) is -1.64. The topological polar surface area (TPSA) is 89.5 Å². The summed E-state index contributed by atoms with van der Waals surface area (Å²) in [5.41, 5.74) is 3.48. The van der Waals surface area contributed by atoms with Gasteiger partial charge in [-0.15, -0.1) is 0 Å². The Balaban J connectivity index is 1.74. The first kappa shape index (κ1) is 18.0. The van der Waals surface area contributed by atoms with Crippen LogP contribution >= 0.6 is 11.8 Å². The molecule has 1 saturated heterocycles. The largest absolute Gasteiger partial charge is 0.545 e. The molecule has 1 heterocycles. The number of carbonyl (C=O) groups is 3. The molecule has 2 amide bonds. The number of amides is 2. The molecule has 26 heavy (non-hydrogen) atoms. The highest BCUT2D eigenvalue weighted by Crippen LogP contribution is 2.30. The van der Waals surface area contributed by atoms with Crippen molar-refractivity contribution in [3.05, 3.63) is 64.7 Å². The van der Waals surface area contributed by atoms with Gasteiger partial charge in [0.05, 0.1) is 12.5 Å². The predicted octanol–water partition coefficient (Wildman–Crippen LogP) is 2.30. The zero-order valence-electron chi connectivity index (χ0n) is 14.3. The molecule has 1 fully saturated rings. The maximum atomic E-state index is 12.6. The van der Waals surface area contributed by atoms with Gasteiger partial charge in [0.1, 0.15) is 0 Å². The average Bonchev–Trinajstić information content (AvgIpc) is 2.85. The Morgan fingerprint density at radius 3 is 2.65 bits per heavy atom. The van der Waals surface area contributed by atoms with Crippen LogP contribution in [0.4, 0.5) is 10.5 Å². The number of nitrogens with zero attached hydrogens (tertiary/aromatic N) is 1. The SMILES string of the molecule is Cc1ccc(N[C@H]2SC(=O)N(Cc3cccc(C(=O)[O-])c3)C2=O)c(C)c1. The molecule has 1 atom stereocenters. The van der Waals surface area contributed by atoms with Gasteiger partial charge in [-0.25, -0.2) is 0 Å². The normalized spacial score (nSPS) is 16.8. The van der Waals surface area contributed by atoms with Gasteiger partial charge in [0.25, 0.3) is 11.1 Å². The summed E-state index contributed by atoms with van der Waals surface area (Å²) in [7, 11) is 0. The first-order valence-electron chi connectivity index (χ1n) is 8.01. The number of carbonyl (C=O) groups excluding carboxylic acids is 3. The number of thioether (sulfide) groups is 1. The molecule has 2 aromatic carbocycles. The number of hydrogen-bond donors (Lipinski definition) is 1. The van der Waals surface area contributed by atoms with E-state index in [-0.39, 0.29) is 23.3 Å². The van der Waals surface area contributed by atoms with Crippen LogP contribution in [0.3, 0.4) is 0 Å². The number of rotatable bonds is 5. The van der Waals surface area contributed by atoms with E-state index in [1.54, 1.807) is 12.1 Å². The molecule has 0 radical (unpaired) electrons. The van der Waals surface area contributed by atoms with Crippen LogP contribution < -0.4 is 10.4 Å². The quantitative estimate of drug-likeness (QED) is 0.870. The Bertz CT molecular complexity index is 897. The van der Waals surface area contributed by atoms with Crippen LogP contribution in [0.15, 0.2) is 42.5 Å². The van der Waals surface area contributed by atoms with Crippen molar-refractivity contribution in [2.75, 3.05) is 5.32 Å². The van der Waals surface area contributed by atoms with E-state index in [4.69, 9.17) is 0 Å². The van der Waals surface area contributed by atoms with Crippen molar-refractivity contribution in [1.29, 1.82) is 0 Å². The summed E-state index contributed by atoms with van der Waals surface area (Å²) < 4.78 is 0. The molecule has 0 saturated carbocycles. The van der Waals surface area contributed by atoms with E-state index in [1.165, 1.54) is 12.1 Å². The molecule has 7 heteroatoms. The summed E-state index contributed by atoms with van der Waals surface area (Å²) in [6.07, 6.45) is 0. The number of hydrogen-bond acceptors (Lipinski definition) is 6. The molecule has 134 valence electrons. The van der Waals surface area contributed by atoms with Crippen molar-refractivity contribution in [2.24, 2.45) is 0 Å². The number of anilines is 1. The summed E-state index contributed by atoms with van der Waals surface area (Å²) in [4.78, 5) is 36.9. The second-order valence-corrected chi connectivity index (χ2v) is 7.20. The standard InChI is InChI=1S/C19H18N2O4S/c1-11-6-7-15(12(2)8-11)20-16-17(22)21(19(25)26-16)10-13-4-3-5-14(9-13)18(23)24/h3-9,16,20H,10H2,1-2H3,(H,23,24)/p-1/t16-/m0/s1. The zero-order chi connectivity index (χ0) is 18.8. The fourth-order valence-electron chi connectivity index (χ4n) is 2.78. The molecule has 2 aromatic rings. The molecule has 1 N–H and O–H groups in total. The third-order valence-corrected chi connectivity index (χ3v) is 5.08. The van der Waals surface area contributed by atoms with Crippen molar-refractivity contribution in [3.8, 4) is 0 Å². The van der Waals surface area contributed by atoms with Crippen LogP contribution in [0.2, 0.25) is 0 Å². The number of aryl methyl sites for hydroxylation is 2. The van der Waals surface area contributed by atoms with Crippen molar-refractivity contribution in [1.82, 2.24) is 4.90 Å². The molecule has 0 aliphatic carbocycles. The Morgan fingerprint density at radius 1 is 1.19 bits per heavy atom. The van der Waals surface area contributed by atoms with Crippen molar-refractivity contribution < 1.29 is 19.5 Å². The lowest BCUT2D eigenvalue weighted by Crippen LogP contribution is -2.34. The van der Waals surface area contributed by atoms with Crippen LogP contribution in [0.1, 0.15) is 27.0 Å². The molecule has 3 rings (SSSR count). The lowest BCUT2D eigenvalue weighted by atomic mass is 10.1. The minimum Gasteiger partial charge on any atom is -0.545 e. The average molecular weight is 369 g/mol. The summed E-state index contributed by atoms with van der Waals surface area (Å²) >= 11 is 0.917. The molecule has 0 bridgehead atoms.